The van der Waals surface area contributed by atoms with Crippen molar-refractivity contribution in [3.05, 3.63) is 23.4 Å². The van der Waals surface area contributed by atoms with E-state index in [1.54, 1.807) is 0 Å². The highest BCUT2D eigenvalue weighted by atomic mass is 16.6. The SMILES string of the molecule is CNc1ccc([C@@H]2CCCCN2C(=O)OC(C)(C)C)c(C)n1. The van der Waals surface area contributed by atoms with Crippen LogP contribution >= 0.6 is 0 Å². The van der Waals surface area contributed by atoms with Crippen molar-refractivity contribution in [3.63, 3.8) is 0 Å². The van der Waals surface area contributed by atoms with E-state index in [9.17, 15) is 4.79 Å². The Bertz CT molecular complexity index is 537. The first-order chi connectivity index (χ1) is 10.3. The van der Waals surface area contributed by atoms with Crippen LogP contribution in [0, 0.1) is 6.92 Å². The third-order valence-electron chi connectivity index (χ3n) is 3.87. The van der Waals surface area contributed by atoms with Gasteiger partial charge in [-0.15, -0.1) is 0 Å². The number of nitrogens with zero attached hydrogens (tertiary/aromatic N) is 2. The van der Waals surface area contributed by atoms with Crippen LogP contribution in [0.3, 0.4) is 0 Å². The Kier molecular flexibility index (Phi) is 4.94. The van der Waals surface area contributed by atoms with E-state index < -0.39 is 5.60 Å². The van der Waals surface area contributed by atoms with Crippen molar-refractivity contribution in [1.82, 2.24) is 9.88 Å². The molecule has 2 heterocycles. The van der Waals surface area contributed by atoms with Crippen molar-refractivity contribution in [1.29, 1.82) is 0 Å². The summed E-state index contributed by atoms with van der Waals surface area (Å²) in [6.45, 7) is 8.44. The van der Waals surface area contributed by atoms with Crippen molar-refractivity contribution in [2.45, 2.75) is 58.6 Å². The molecule has 1 aliphatic heterocycles. The zero-order valence-corrected chi connectivity index (χ0v) is 14.3. The molecule has 1 fully saturated rings. The Morgan fingerprint density at radius 2 is 2.09 bits per heavy atom. The van der Waals surface area contributed by atoms with Crippen LogP contribution in [0.5, 0.6) is 0 Å². The number of carbonyl (C=O) groups is 1. The molecule has 2 rings (SSSR count). The maximum Gasteiger partial charge on any atom is 0.410 e. The zero-order valence-electron chi connectivity index (χ0n) is 14.3. The van der Waals surface area contributed by atoms with Gasteiger partial charge in [0.25, 0.3) is 0 Å². The lowest BCUT2D eigenvalue weighted by Gasteiger charge is -2.37. The van der Waals surface area contributed by atoms with Crippen LogP contribution in [0.1, 0.15) is 57.3 Å². The summed E-state index contributed by atoms with van der Waals surface area (Å²) in [7, 11) is 1.86. The van der Waals surface area contributed by atoms with Gasteiger partial charge in [-0.2, -0.15) is 0 Å². The summed E-state index contributed by atoms with van der Waals surface area (Å²) in [5, 5.41) is 3.05. The molecule has 5 nitrogen and oxygen atoms in total. The van der Waals surface area contributed by atoms with Crippen molar-refractivity contribution in [2.24, 2.45) is 0 Å². The van der Waals surface area contributed by atoms with Gasteiger partial charge >= 0.3 is 6.09 Å². The Balaban J connectivity index is 2.24. The molecular formula is C17H27N3O2. The maximum atomic E-state index is 12.5. The third-order valence-corrected chi connectivity index (χ3v) is 3.87. The molecule has 5 heteroatoms. The number of amides is 1. The lowest BCUT2D eigenvalue weighted by Crippen LogP contribution is -2.42. The number of hydrogen-bond acceptors (Lipinski definition) is 4. The van der Waals surface area contributed by atoms with E-state index in [4.69, 9.17) is 4.74 Å². The van der Waals surface area contributed by atoms with E-state index in [-0.39, 0.29) is 12.1 Å². The number of carbonyl (C=O) groups excluding carboxylic acids is 1. The minimum atomic E-state index is -0.470. The minimum absolute atomic E-state index is 0.0574. The predicted octanol–water partition coefficient (Wildman–Crippen LogP) is 3.89. The predicted molar refractivity (Wildman–Crippen MR) is 88.1 cm³/mol. The first-order valence-corrected chi connectivity index (χ1v) is 7.97. The fourth-order valence-corrected chi connectivity index (χ4v) is 2.86. The van der Waals surface area contributed by atoms with E-state index in [0.717, 1.165) is 42.9 Å². The molecule has 0 unspecified atom stereocenters. The largest absolute Gasteiger partial charge is 0.444 e. The number of hydrogen-bond donors (Lipinski definition) is 1. The summed E-state index contributed by atoms with van der Waals surface area (Å²) in [5.41, 5.74) is 1.61. The Hall–Kier alpha value is -1.78. The Morgan fingerprint density at radius 1 is 1.36 bits per heavy atom. The second-order valence-electron chi connectivity index (χ2n) is 6.81. The monoisotopic (exact) mass is 305 g/mol. The number of nitrogens with one attached hydrogen (secondary N) is 1. The standard InChI is InChI=1S/C17H27N3O2/c1-12-13(9-10-15(18-5)19-12)14-8-6-7-11-20(14)16(21)22-17(2,3)4/h9-10,14H,6-8,11H2,1-5H3,(H,18,19)/t14-/m0/s1. The molecule has 0 spiro atoms. The van der Waals surface area contributed by atoms with Crippen LogP contribution in [0.4, 0.5) is 10.6 Å². The minimum Gasteiger partial charge on any atom is -0.444 e. The molecule has 122 valence electrons. The molecule has 0 aromatic carbocycles. The van der Waals surface area contributed by atoms with E-state index >= 15 is 0 Å². The fourth-order valence-electron chi connectivity index (χ4n) is 2.86. The number of pyridine rings is 1. The Morgan fingerprint density at radius 3 is 2.68 bits per heavy atom. The number of anilines is 1. The summed E-state index contributed by atoms with van der Waals surface area (Å²) >= 11 is 0. The van der Waals surface area contributed by atoms with E-state index in [0.29, 0.717) is 0 Å². The summed E-state index contributed by atoms with van der Waals surface area (Å²) in [4.78, 5) is 18.9. The van der Waals surface area contributed by atoms with E-state index in [1.165, 1.54) is 0 Å². The average Bonchev–Trinajstić information content (AvgIpc) is 2.45. The van der Waals surface area contributed by atoms with Gasteiger partial charge in [0.15, 0.2) is 0 Å². The maximum absolute atomic E-state index is 12.5. The third kappa shape index (κ3) is 3.90. The number of piperidine rings is 1. The van der Waals surface area contributed by atoms with Gasteiger partial charge < -0.3 is 15.0 Å². The first kappa shape index (κ1) is 16.6. The number of aromatic nitrogens is 1. The quantitative estimate of drug-likeness (QED) is 0.900. The van der Waals surface area contributed by atoms with E-state index in [1.807, 2.05) is 45.7 Å². The van der Waals surface area contributed by atoms with E-state index in [2.05, 4.69) is 16.4 Å². The summed E-state index contributed by atoms with van der Waals surface area (Å²) in [6.07, 6.45) is 2.88. The first-order valence-electron chi connectivity index (χ1n) is 7.97. The normalized spacial score (nSPS) is 19.0. The lowest BCUT2D eigenvalue weighted by molar-refractivity contribution is 0.00942. The average molecular weight is 305 g/mol. The molecule has 0 saturated carbocycles. The van der Waals surface area contributed by atoms with Crippen molar-refractivity contribution in [2.75, 3.05) is 18.9 Å². The number of likely N-dealkylation sites (tertiary alicyclic amines) is 1. The molecule has 1 aromatic heterocycles. The number of rotatable bonds is 2. The van der Waals surface area contributed by atoms with Crippen molar-refractivity contribution in [3.8, 4) is 0 Å². The fraction of sp³-hybridized carbons (Fsp3) is 0.647. The van der Waals surface area contributed by atoms with Gasteiger partial charge in [-0.1, -0.05) is 6.07 Å². The lowest BCUT2D eigenvalue weighted by atomic mass is 9.94. The van der Waals surface area contributed by atoms with Gasteiger partial charge in [0.1, 0.15) is 11.4 Å². The second kappa shape index (κ2) is 6.55. The molecule has 1 aliphatic rings. The van der Waals surface area contributed by atoms with Crippen LogP contribution in [-0.2, 0) is 4.74 Å². The van der Waals surface area contributed by atoms with Gasteiger partial charge in [-0.25, -0.2) is 9.78 Å². The Labute approximate surface area is 133 Å². The number of aryl methyl sites for hydroxylation is 1. The highest BCUT2D eigenvalue weighted by Gasteiger charge is 2.32. The van der Waals surface area contributed by atoms with Gasteiger partial charge in [0.05, 0.1) is 6.04 Å². The van der Waals surface area contributed by atoms with Crippen molar-refractivity contribution < 1.29 is 9.53 Å². The van der Waals surface area contributed by atoms with Gasteiger partial charge in [0.2, 0.25) is 0 Å². The molecule has 1 saturated heterocycles. The molecule has 1 aromatic rings. The smallest absolute Gasteiger partial charge is 0.410 e. The molecule has 0 aliphatic carbocycles. The molecule has 1 atom stereocenters. The van der Waals surface area contributed by atoms with Gasteiger partial charge in [-0.05, 0) is 58.6 Å². The van der Waals surface area contributed by atoms with Gasteiger partial charge in [0, 0.05) is 19.3 Å². The molecule has 1 N–H and O–H groups in total. The summed E-state index contributed by atoms with van der Waals surface area (Å²) in [5.74, 6) is 0.848. The highest BCUT2D eigenvalue weighted by molar-refractivity contribution is 5.69. The molecule has 0 bridgehead atoms. The topological polar surface area (TPSA) is 54.5 Å². The van der Waals surface area contributed by atoms with Crippen LogP contribution in [0.25, 0.3) is 0 Å². The van der Waals surface area contributed by atoms with Crippen LogP contribution in [-0.4, -0.2) is 35.2 Å². The summed E-state index contributed by atoms with van der Waals surface area (Å²) in [6, 6.07) is 4.09. The zero-order chi connectivity index (χ0) is 16.3. The summed E-state index contributed by atoms with van der Waals surface area (Å²) < 4.78 is 5.57. The molecular weight excluding hydrogens is 278 g/mol. The van der Waals surface area contributed by atoms with Gasteiger partial charge in [-0.3, -0.25) is 0 Å². The van der Waals surface area contributed by atoms with Crippen LogP contribution in [0.15, 0.2) is 12.1 Å². The second-order valence-corrected chi connectivity index (χ2v) is 6.81. The molecule has 1 amide bonds. The van der Waals surface area contributed by atoms with Crippen LogP contribution in [0.2, 0.25) is 0 Å². The molecule has 0 radical (unpaired) electrons. The van der Waals surface area contributed by atoms with Crippen molar-refractivity contribution >= 4 is 11.9 Å². The number of ether oxygens (including phenoxy) is 1. The van der Waals surface area contributed by atoms with Crippen LogP contribution < -0.4 is 5.32 Å². The molecule has 22 heavy (non-hydrogen) atoms. The highest BCUT2D eigenvalue weighted by Crippen LogP contribution is 2.33.